The Kier molecular flexibility index (Phi) is 3.94. The summed E-state index contributed by atoms with van der Waals surface area (Å²) in [4.78, 5) is 26.1. The first-order valence-electron chi connectivity index (χ1n) is 5.10. The molecule has 0 aromatic carbocycles. The molecule has 2 heterocycles. The van der Waals surface area contributed by atoms with Crippen molar-refractivity contribution < 1.29 is 14.7 Å². The van der Waals surface area contributed by atoms with Gasteiger partial charge in [0.2, 0.25) is 0 Å². The number of hydrogen-bond donors (Lipinski definition) is 2. The van der Waals surface area contributed by atoms with Gasteiger partial charge in [-0.1, -0.05) is 4.49 Å². The number of hydrogen-bond acceptors (Lipinski definition) is 6. The van der Waals surface area contributed by atoms with Crippen LogP contribution in [-0.4, -0.2) is 31.6 Å². The number of carboxylic acids is 1. The zero-order valence-corrected chi connectivity index (χ0v) is 10.3. The van der Waals surface area contributed by atoms with Gasteiger partial charge in [0.05, 0.1) is 11.8 Å². The minimum atomic E-state index is -1.06. The van der Waals surface area contributed by atoms with Gasteiger partial charge in [-0.25, -0.2) is 4.79 Å². The highest BCUT2D eigenvalue weighted by Crippen LogP contribution is 2.12. The summed E-state index contributed by atoms with van der Waals surface area (Å²) in [6.45, 7) is 0. The van der Waals surface area contributed by atoms with Crippen LogP contribution in [0.15, 0.2) is 30.7 Å². The van der Waals surface area contributed by atoms with Gasteiger partial charge in [0.25, 0.3) is 5.91 Å². The predicted octanol–water partition coefficient (Wildman–Crippen LogP) is 1.28. The predicted molar refractivity (Wildman–Crippen MR) is 68.8 cm³/mol. The number of nitrogens with one attached hydrogen (secondary N) is 1. The van der Waals surface area contributed by atoms with Crippen LogP contribution in [0.5, 0.6) is 0 Å². The average Bonchev–Trinajstić information content (AvgIpc) is 2.89. The molecule has 0 aliphatic carbocycles. The Balaban J connectivity index is 2.14. The Labute approximate surface area is 111 Å². The van der Waals surface area contributed by atoms with E-state index in [4.69, 9.17) is 5.11 Å². The molecule has 19 heavy (non-hydrogen) atoms. The fourth-order valence-corrected chi connectivity index (χ4v) is 1.66. The Morgan fingerprint density at radius 1 is 1.32 bits per heavy atom. The monoisotopic (exact) mass is 276 g/mol. The first kappa shape index (κ1) is 12.8. The molecule has 0 atom stereocenters. The molecule has 96 valence electrons. The lowest BCUT2D eigenvalue weighted by molar-refractivity contribution is -0.131. The topological polar surface area (TPSA) is 105 Å². The Bertz CT molecular complexity index is 625. The molecule has 2 aromatic rings. The molecular weight excluding hydrogens is 268 g/mol. The molecule has 2 N–H and O–H groups in total. The number of rotatable bonds is 4. The largest absolute Gasteiger partial charge is 0.478 e. The number of pyridine rings is 1. The fourth-order valence-electron chi connectivity index (χ4n) is 1.25. The van der Waals surface area contributed by atoms with Crippen LogP contribution in [0, 0.1) is 0 Å². The number of aromatic nitrogens is 3. The number of carbonyl (C=O) groups excluding carboxylic acids is 1. The summed E-state index contributed by atoms with van der Waals surface area (Å²) in [5.41, 5.74) is 0.846. The standard InChI is InChI=1S/C11H8N4O3S/c16-10(17)2-1-7-3-8(5-12-4-7)11(18)14-9-6-13-15-19-9/h1-6H,(H,14,18)(H,16,17)/b2-1+. The second-order valence-electron chi connectivity index (χ2n) is 3.41. The highest BCUT2D eigenvalue weighted by atomic mass is 32.1. The molecule has 1 amide bonds. The van der Waals surface area contributed by atoms with Gasteiger partial charge in [-0.05, 0) is 17.7 Å². The molecule has 0 saturated heterocycles. The molecule has 0 aliphatic heterocycles. The summed E-state index contributed by atoms with van der Waals surface area (Å²) in [5.74, 6) is -1.42. The molecule has 7 nitrogen and oxygen atoms in total. The third kappa shape index (κ3) is 3.68. The lowest BCUT2D eigenvalue weighted by Gasteiger charge is -2.01. The van der Waals surface area contributed by atoms with E-state index in [2.05, 4.69) is 19.9 Å². The maximum absolute atomic E-state index is 11.9. The quantitative estimate of drug-likeness (QED) is 0.815. The summed E-state index contributed by atoms with van der Waals surface area (Å²) in [5, 5.41) is 15.3. The highest BCUT2D eigenvalue weighted by molar-refractivity contribution is 7.10. The van der Waals surface area contributed by atoms with E-state index in [9.17, 15) is 9.59 Å². The SMILES string of the molecule is O=C(O)/C=C/c1cncc(C(=O)Nc2cnns2)c1. The molecule has 0 unspecified atom stereocenters. The van der Waals surface area contributed by atoms with E-state index in [0.717, 1.165) is 17.6 Å². The molecule has 0 radical (unpaired) electrons. The summed E-state index contributed by atoms with van der Waals surface area (Å²) in [7, 11) is 0. The van der Waals surface area contributed by atoms with Gasteiger partial charge in [0.1, 0.15) is 5.00 Å². The van der Waals surface area contributed by atoms with E-state index >= 15 is 0 Å². The van der Waals surface area contributed by atoms with Crippen LogP contribution in [0.2, 0.25) is 0 Å². The van der Waals surface area contributed by atoms with Crippen molar-refractivity contribution in [3.63, 3.8) is 0 Å². The smallest absolute Gasteiger partial charge is 0.328 e. The zero-order chi connectivity index (χ0) is 13.7. The van der Waals surface area contributed by atoms with Gasteiger partial charge < -0.3 is 10.4 Å². The number of carbonyl (C=O) groups is 2. The van der Waals surface area contributed by atoms with Crippen LogP contribution >= 0.6 is 11.5 Å². The summed E-state index contributed by atoms with van der Waals surface area (Å²) in [6.07, 6.45) is 6.63. The lowest BCUT2D eigenvalue weighted by Crippen LogP contribution is -2.11. The van der Waals surface area contributed by atoms with Crippen molar-refractivity contribution in [2.75, 3.05) is 5.32 Å². The maximum atomic E-state index is 11.9. The molecule has 0 bridgehead atoms. The summed E-state index contributed by atoms with van der Waals surface area (Å²) in [6, 6.07) is 1.54. The molecule has 0 fully saturated rings. The van der Waals surface area contributed by atoms with Crippen molar-refractivity contribution in [1.82, 2.24) is 14.6 Å². The van der Waals surface area contributed by atoms with E-state index in [1.54, 1.807) is 0 Å². The number of nitrogens with zero attached hydrogens (tertiary/aromatic N) is 3. The number of aliphatic carboxylic acids is 1. The Morgan fingerprint density at radius 2 is 2.16 bits per heavy atom. The van der Waals surface area contributed by atoms with Crippen LogP contribution in [-0.2, 0) is 4.79 Å². The number of carboxylic acid groups (broad SMARTS) is 1. The van der Waals surface area contributed by atoms with Crippen molar-refractivity contribution >= 4 is 34.5 Å². The second-order valence-corrected chi connectivity index (χ2v) is 4.20. The van der Waals surface area contributed by atoms with Crippen molar-refractivity contribution in [2.24, 2.45) is 0 Å². The normalized spacial score (nSPS) is 10.5. The van der Waals surface area contributed by atoms with E-state index in [1.807, 2.05) is 0 Å². The maximum Gasteiger partial charge on any atom is 0.328 e. The highest BCUT2D eigenvalue weighted by Gasteiger charge is 2.08. The van der Waals surface area contributed by atoms with Crippen molar-refractivity contribution in [1.29, 1.82) is 0 Å². The fraction of sp³-hybridized carbons (Fsp3) is 0. The van der Waals surface area contributed by atoms with Crippen LogP contribution < -0.4 is 5.32 Å². The van der Waals surface area contributed by atoms with Crippen molar-refractivity contribution in [2.45, 2.75) is 0 Å². The number of amides is 1. The van der Waals surface area contributed by atoms with E-state index in [1.165, 1.54) is 30.7 Å². The van der Waals surface area contributed by atoms with E-state index in [-0.39, 0.29) is 5.91 Å². The zero-order valence-electron chi connectivity index (χ0n) is 9.48. The number of anilines is 1. The minimum Gasteiger partial charge on any atom is -0.478 e. The van der Waals surface area contributed by atoms with Crippen LogP contribution in [0.3, 0.4) is 0 Å². The van der Waals surface area contributed by atoms with Crippen molar-refractivity contribution in [3.05, 3.63) is 41.9 Å². The van der Waals surface area contributed by atoms with Crippen LogP contribution in [0.25, 0.3) is 6.08 Å². The average molecular weight is 276 g/mol. The van der Waals surface area contributed by atoms with Crippen LogP contribution in [0.1, 0.15) is 15.9 Å². The Hall–Kier alpha value is -2.61. The van der Waals surface area contributed by atoms with Gasteiger partial charge in [-0.15, -0.1) is 5.10 Å². The summed E-state index contributed by atoms with van der Waals surface area (Å²) >= 11 is 1.06. The van der Waals surface area contributed by atoms with Gasteiger partial charge >= 0.3 is 5.97 Å². The lowest BCUT2D eigenvalue weighted by atomic mass is 10.2. The van der Waals surface area contributed by atoms with Crippen LogP contribution in [0.4, 0.5) is 5.00 Å². The molecule has 0 aliphatic rings. The third-order valence-corrected chi connectivity index (χ3v) is 2.62. The molecule has 0 saturated carbocycles. The third-order valence-electron chi connectivity index (χ3n) is 2.04. The van der Waals surface area contributed by atoms with Gasteiger partial charge in [-0.2, -0.15) is 0 Å². The molecule has 0 spiro atoms. The van der Waals surface area contributed by atoms with E-state index in [0.29, 0.717) is 16.1 Å². The second kappa shape index (κ2) is 5.83. The van der Waals surface area contributed by atoms with Crippen molar-refractivity contribution in [3.8, 4) is 0 Å². The van der Waals surface area contributed by atoms with Gasteiger partial charge in [0.15, 0.2) is 0 Å². The first-order valence-corrected chi connectivity index (χ1v) is 5.87. The van der Waals surface area contributed by atoms with Gasteiger partial charge in [-0.3, -0.25) is 9.78 Å². The minimum absolute atomic E-state index is 0.320. The summed E-state index contributed by atoms with van der Waals surface area (Å²) < 4.78 is 3.62. The molecule has 2 rings (SSSR count). The first-order chi connectivity index (χ1) is 9.15. The molecule has 8 heteroatoms. The van der Waals surface area contributed by atoms with Gasteiger partial charge in [0, 0.05) is 30.0 Å². The molecule has 2 aromatic heterocycles. The van der Waals surface area contributed by atoms with E-state index < -0.39 is 5.97 Å². The molecular formula is C11H8N4O3S. The Morgan fingerprint density at radius 3 is 2.84 bits per heavy atom.